The van der Waals surface area contributed by atoms with Crippen LogP contribution in [0.4, 0.5) is 4.39 Å². The van der Waals surface area contributed by atoms with Gasteiger partial charge in [-0.15, -0.1) is 0 Å². The maximum absolute atomic E-state index is 13.3. The van der Waals surface area contributed by atoms with Gasteiger partial charge in [0.05, 0.1) is 6.54 Å². The predicted octanol–water partition coefficient (Wildman–Crippen LogP) is 0.996. The number of sulfonamides is 1. The molecule has 2 aromatic rings. The first-order valence-corrected chi connectivity index (χ1v) is 6.51. The van der Waals surface area contributed by atoms with Gasteiger partial charge in [-0.2, -0.15) is 4.98 Å². The second-order valence-corrected chi connectivity index (χ2v) is 5.23. The Morgan fingerprint density at radius 1 is 1.39 bits per heavy atom. The monoisotopic (exact) mass is 271 g/mol. The highest BCUT2D eigenvalue weighted by molar-refractivity contribution is 7.89. The van der Waals surface area contributed by atoms with Crippen molar-refractivity contribution in [1.29, 1.82) is 0 Å². The highest BCUT2D eigenvalue weighted by Crippen LogP contribution is 2.13. The minimum atomic E-state index is -3.93. The van der Waals surface area contributed by atoms with Crippen molar-refractivity contribution >= 4 is 10.0 Å². The molecule has 0 atom stereocenters. The molecule has 0 radical (unpaired) electrons. The van der Waals surface area contributed by atoms with E-state index in [0.29, 0.717) is 5.82 Å². The molecule has 0 saturated heterocycles. The first kappa shape index (κ1) is 12.7. The molecule has 0 bridgehead atoms. The Hall–Kier alpha value is -1.80. The molecule has 0 spiro atoms. The molecule has 0 unspecified atom stereocenters. The fourth-order valence-electron chi connectivity index (χ4n) is 1.31. The molecule has 96 valence electrons. The van der Waals surface area contributed by atoms with E-state index in [1.165, 1.54) is 18.2 Å². The molecule has 2 rings (SSSR count). The number of halogens is 1. The number of benzene rings is 1. The van der Waals surface area contributed by atoms with Gasteiger partial charge in [-0.3, -0.25) is 0 Å². The lowest BCUT2D eigenvalue weighted by molar-refractivity contribution is 0.372. The fraction of sp³-hybridized carbons (Fsp3) is 0.200. The molecular formula is C10H10FN3O3S. The first-order valence-electron chi connectivity index (χ1n) is 5.02. The maximum Gasteiger partial charge on any atom is 0.243 e. The van der Waals surface area contributed by atoms with Gasteiger partial charge in [-0.1, -0.05) is 17.3 Å². The lowest BCUT2D eigenvalue weighted by Gasteiger charge is -2.05. The molecule has 0 aliphatic rings. The summed E-state index contributed by atoms with van der Waals surface area (Å²) >= 11 is 0. The van der Waals surface area contributed by atoms with Crippen LogP contribution in [0.15, 0.2) is 33.7 Å². The molecule has 0 aliphatic heterocycles. The zero-order valence-electron chi connectivity index (χ0n) is 9.42. The van der Waals surface area contributed by atoms with Gasteiger partial charge in [0.1, 0.15) is 10.7 Å². The third kappa shape index (κ3) is 2.71. The molecule has 1 aromatic heterocycles. The summed E-state index contributed by atoms with van der Waals surface area (Å²) in [5.41, 5.74) is 0. The van der Waals surface area contributed by atoms with E-state index in [4.69, 9.17) is 4.52 Å². The van der Waals surface area contributed by atoms with Crippen molar-refractivity contribution in [3.05, 3.63) is 41.8 Å². The number of aromatic nitrogens is 2. The van der Waals surface area contributed by atoms with Crippen molar-refractivity contribution < 1.29 is 17.3 Å². The highest BCUT2D eigenvalue weighted by Gasteiger charge is 2.19. The Labute approximate surface area is 103 Å². The van der Waals surface area contributed by atoms with E-state index in [9.17, 15) is 12.8 Å². The summed E-state index contributed by atoms with van der Waals surface area (Å²) in [6.45, 7) is 1.43. The summed E-state index contributed by atoms with van der Waals surface area (Å²) in [6.07, 6.45) is 0. The summed E-state index contributed by atoms with van der Waals surface area (Å²) in [4.78, 5) is 3.42. The number of nitrogens with one attached hydrogen (secondary N) is 1. The van der Waals surface area contributed by atoms with E-state index in [2.05, 4.69) is 14.9 Å². The summed E-state index contributed by atoms with van der Waals surface area (Å²) in [7, 11) is -3.93. The summed E-state index contributed by atoms with van der Waals surface area (Å²) in [6, 6.07) is 5.10. The Balaban J connectivity index is 2.16. The minimum absolute atomic E-state index is 0.118. The smallest absolute Gasteiger partial charge is 0.243 e. The van der Waals surface area contributed by atoms with Crippen LogP contribution in [-0.2, 0) is 16.6 Å². The lowest BCUT2D eigenvalue weighted by Crippen LogP contribution is -2.24. The Morgan fingerprint density at radius 2 is 2.11 bits per heavy atom. The first-order chi connectivity index (χ1) is 8.49. The molecule has 1 aromatic carbocycles. The molecule has 0 amide bonds. The molecular weight excluding hydrogens is 261 g/mol. The van der Waals surface area contributed by atoms with Crippen LogP contribution < -0.4 is 4.72 Å². The third-order valence-electron chi connectivity index (χ3n) is 2.11. The van der Waals surface area contributed by atoms with Gasteiger partial charge in [0, 0.05) is 0 Å². The largest absolute Gasteiger partial charge is 0.338 e. The molecule has 0 fully saturated rings. The van der Waals surface area contributed by atoms with Crippen LogP contribution in [0.1, 0.15) is 11.7 Å². The third-order valence-corrected chi connectivity index (χ3v) is 3.54. The van der Waals surface area contributed by atoms with Gasteiger partial charge in [-0.25, -0.2) is 17.5 Å². The topological polar surface area (TPSA) is 85.1 Å². The number of aryl methyl sites for hydroxylation is 1. The van der Waals surface area contributed by atoms with Crippen LogP contribution >= 0.6 is 0 Å². The quantitative estimate of drug-likeness (QED) is 0.896. The average molecular weight is 271 g/mol. The van der Waals surface area contributed by atoms with Gasteiger partial charge in [0.2, 0.25) is 15.9 Å². The van der Waals surface area contributed by atoms with Crippen LogP contribution in [0, 0.1) is 12.7 Å². The maximum atomic E-state index is 13.3. The second-order valence-electron chi connectivity index (χ2n) is 3.49. The van der Waals surface area contributed by atoms with E-state index in [1.54, 1.807) is 6.92 Å². The second kappa shape index (κ2) is 4.83. The Morgan fingerprint density at radius 3 is 2.72 bits per heavy atom. The average Bonchev–Trinajstić information content (AvgIpc) is 2.73. The standard InChI is InChI=1S/C10H10FN3O3S/c1-7-13-10(17-14-7)6-12-18(15,16)9-5-3-2-4-8(9)11/h2-5,12H,6H2,1H3. The van der Waals surface area contributed by atoms with Crippen molar-refractivity contribution in [1.82, 2.24) is 14.9 Å². The van der Waals surface area contributed by atoms with E-state index >= 15 is 0 Å². The molecule has 18 heavy (non-hydrogen) atoms. The number of hydrogen-bond donors (Lipinski definition) is 1. The summed E-state index contributed by atoms with van der Waals surface area (Å²) in [5, 5.41) is 3.51. The SMILES string of the molecule is Cc1noc(CNS(=O)(=O)c2ccccc2F)n1. The molecule has 8 heteroatoms. The van der Waals surface area contributed by atoms with Gasteiger partial charge in [0.15, 0.2) is 5.82 Å². The number of rotatable bonds is 4. The zero-order valence-corrected chi connectivity index (χ0v) is 10.2. The zero-order chi connectivity index (χ0) is 13.2. The predicted molar refractivity (Wildman–Crippen MR) is 59.5 cm³/mol. The summed E-state index contributed by atoms with van der Waals surface area (Å²) in [5.74, 6) is -0.297. The van der Waals surface area contributed by atoms with Crippen molar-refractivity contribution in [2.45, 2.75) is 18.4 Å². The van der Waals surface area contributed by atoms with Crippen molar-refractivity contribution in [2.24, 2.45) is 0 Å². The molecule has 0 aliphatic carbocycles. The van der Waals surface area contributed by atoms with Crippen LogP contribution in [0.3, 0.4) is 0 Å². The van der Waals surface area contributed by atoms with Gasteiger partial charge in [-0.05, 0) is 19.1 Å². The van der Waals surface area contributed by atoms with Crippen molar-refractivity contribution in [2.75, 3.05) is 0 Å². The van der Waals surface area contributed by atoms with E-state index in [-0.39, 0.29) is 12.4 Å². The molecule has 0 saturated carbocycles. The van der Waals surface area contributed by atoms with Crippen LogP contribution in [0.25, 0.3) is 0 Å². The summed E-state index contributed by atoms with van der Waals surface area (Å²) < 4.78 is 43.9. The van der Waals surface area contributed by atoms with E-state index in [0.717, 1.165) is 6.07 Å². The Bertz CT molecular complexity index is 654. The lowest BCUT2D eigenvalue weighted by atomic mass is 10.4. The van der Waals surface area contributed by atoms with Crippen LogP contribution in [-0.4, -0.2) is 18.6 Å². The number of nitrogens with zero attached hydrogens (tertiary/aromatic N) is 2. The Kier molecular flexibility index (Phi) is 3.39. The van der Waals surface area contributed by atoms with Gasteiger partial charge in [0.25, 0.3) is 0 Å². The normalized spacial score (nSPS) is 11.7. The minimum Gasteiger partial charge on any atom is -0.338 e. The van der Waals surface area contributed by atoms with E-state index in [1.807, 2.05) is 0 Å². The molecule has 1 heterocycles. The number of hydrogen-bond acceptors (Lipinski definition) is 5. The van der Waals surface area contributed by atoms with Crippen LogP contribution in [0.2, 0.25) is 0 Å². The van der Waals surface area contributed by atoms with Gasteiger partial charge < -0.3 is 4.52 Å². The van der Waals surface area contributed by atoms with E-state index < -0.39 is 20.7 Å². The van der Waals surface area contributed by atoms with Gasteiger partial charge >= 0.3 is 0 Å². The molecule has 1 N–H and O–H groups in total. The van der Waals surface area contributed by atoms with Crippen molar-refractivity contribution in [3.8, 4) is 0 Å². The fourth-order valence-corrected chi connectivity index (χ4v) is 2.36. The molecule has 6 nitrogen and oxygen atoms in total. The van der Waals surface area contributed by atoms with Crippen molar-refractivity contribution in [3.63, 3.8) is 0 Å². The highest BCUT2D eigenvalue weighted by atomic mass is 32.2. The van der Waals surface area contributed by atoms with Crippen LogP contribution in [0.5, 0.6) is 0 Å².